The number of para-hydroxylation sites is 1. The molecule has 17 heteroatoms. The zero-order valence-corrected chi connectivity index (χ0v) is 32.0. The Balaban J connectivity index is 1.02. The van der Waals surface area contributed by atoms with Gasteiger partial charge in [-0.1, -0.05) is 80.0 Å². The number of benzene rings is 4. The highest BCUT2D eigenvalue weighted by molar-refractivity contribution is 6.40. The fraction of sp³-hybridized carbons (Fsp3) is 0.244. The third-order valence-corrected chi connectivity index (χ3v) is 9.25. The number of rotatable bonds is 15. The lowest BCUT2D eigenvalue weighted by Gasteiger charge is -2.25. The highest BCUT2D eigenvalue weighted by Gasteiger charge is 2.45. The topological polar surface area (TPSA) is 176 Å². The summed E-state index contributed by atoms with van der Waals surface area (Å²) in [6.07, 6.45) is -3.17. The van der Waals surface area contributed by atoms with Crippen molar-refractivity contribution in [1.82, 2.24) is 25.6 Å². The second-order valence-electron chi connectivity index (χ2n) is 14.3. The molecule has 1 heterocycles. The first-order chi connectivity index (χ1) is 27.6. The van der Waals surface area contributed by atoms with Crippen LogP contribution in [0.2, 0.25) is 5.02 Å². The van der Waals surface area contributed by atoms with Crippen LogP contribution in [-0.4, -0.2) is 64.3 Å². The van der Waals surface area contributed by atoms with E-state index in [1.54, 1.807) is 86.6 Å². The van der Waals surface area contributed by atoms with Crippen molar-refractivity contribution in [3.8, 4) is 6.01 Å². The summed E-state index contributed by atoms with van der Waals surface area (Å²) in [4.78, 5) is 64.0. The van der Waals surface area contributed by atoms with Gasteiger partial charge in [0, 0.05) is 40.5 Å². The van der Waals surface area contributed by atoms with E-state index >= 15 is 0 Å². The lowest BCUT2D eigenvalue weighted by molar-refractivity contribution is -0.154. The van der Waals surface area contributed by atoms with Crippen molar-refractivity contribution in [3.05, 3.63) is 130 Å². The fourth-order valence-electron chi connectivity index (χ4n) is 5.71. The maximum absolute atomic E-state index is 13.0. The quantitative estimate of drug-likeness (QED) is 0.0544. The van der Waals surface area contributed by atoms with E-state index in [1.807, 2.05) is 12.1 Å². The van der Waals surface area contributed by atoms with Gasteiger partial charge in [0.15, 0.2) is 12.4 Å². The molecule has 5 aromatic rings. The Morgan fingerprint density at radius 2 is 1.38 bits per heavy atom. The molecule has 0 saturated heterocycles. The van der Waals surface area contributed by atoms with Gasteiger partial charge >= 0.3 is 24.0 Å². The van der Waals surface area contributed by atoms with Gasteiger partial charge in [0.25, 0.3) is 5.91 Å². The monoisotopic (exact) mass is 814 g/mol. The van der Waals surface area contributed by atoms with E-state index in [0.717, 1.165) is 18.4 Å². The summed E-state index contributed by atoms with van der Waals surface area (Å²) >= 11 is 6.04. The number of amides is 3. The fourth-order valence-corrected chi connectivity index (χ4v) is 5.83. The van der Waals surface area contributed by atoms with Crippen LogP contribution in [0.4, 0.5) is 36.4 Å². The molecule has 58 heavy (non-hydrogen) atoms. The van der Waals surface area contributed by atoms with Gasteiger partial charge in [-0.25, -0.2) is 0 Å². The molecule has 0 atom stereocenters. The number of nitrogens with zero attached hydrogens (tertiary/aromatic N) is 3. The van der Waals surface area contributed by atoms with Crippen LogP contribution in [0.15, 0.2) is 103 Å². The molecule has 0 bridgehead atoms. The van der Waals surface area contributed by atoms with Gasteiger partial charge in [0.05, 0.1) is 11.2 Å². The molecule has 4 aromatic carbocycles. The summed E-state index contributed by atoms with van der Waals surface area (Å²) in [5.74, 6) is -2.71. The molecular formula is C41H38ClF3N8O5. The van der Waals surface area contributed by atoms with Crippen LogP contribution in [0.25, 0.3) is 0 Å². The number of ether oxygens (including phenoxy) is 1. The van der Waals surface area contributed by atoms with Crippen molar-refractivity contribution in [2.75, 3.05) is 35.6 Å². The Hall–Kier alpha value is -6.55. The number of hydrogen-bond donors (Lipinski definition) is 5. The maximum Gasteiger partial charge on any atom is 0.422 e. The van der Waals surface area contributed by atoms with Crippen molar-refractivity contribution >= 4 is 58.4 Å². The number of alkyl halides is 3. The molecule has 13 nitrogen and oxygen atoms in total. The summed E-state index contributed by atoms with van der Waals surface area (Å²) in [5.41, 5.74) is 1.25. The van der Waals surface area contributed by atoms with Crippen LogP contribution < -0.4 is 31.3 Å². The third-order valence-electron chi connectivity index (χ3n) is 9.00. The van der Waals surface area contributed by atoms with Crippen LogP contribution >= 0.6 is 11.6 Å². The first-order valence-electron chi connectivity index (χ1n) is 18.0. The van der Waals surface area contributed by atoms with Gasteiger partial charge in [-0.3, -0.25) is 19.2 Å². The summed E-state index contributed by atoms with van der Waals surface area (Å²) in [5, 5.41) is 14.6. The lowest BCUT2D eigenvalue weighted by atomic mass is 9.93. The summed E-state index contributed by atoms with van der Waals surface area (Å²) in [6.45, 7) is 2.13. The van der Waals surface area contributed by atoms with E-state index in [-0.39, 0.29) is 42.0 Å². The molecule has 300 valence electrons. The van der Waals surface area contributed by atoms with Crippen LogP contribution in [0.1, 0.15) is 58.5 Å². The van der Waals surface area contributed by atoms with Crippen LogP contribution in [0.5, 0.6) is 6.01 Å². The third kappa shape index (κ3) is 11.1. The summed E-state index contributed by atoms with van der Waals surface area (Å²) in [6, 6.07) is 27.8. The summed E-state index contributed by atoms with van der Waals surface area (Å²) in [7, 11) is 0. The number of carbonyl (C=O) groups excluding carboxylic acids is 4. The number of carbonyl (C=O) groups is 4. The minimum Gasteiger partial charge on any atom is -0.454 e. The first kappa shape index (κ1) is 41.1. The van der Waals surface area contributed by atoms with E-state index in [4.69, 9.17) is 16.3 Å². The maximum atomic E-state index is 13.0. The average Bonchev–Trinajstić information content (AvgIpc) is 3.99. The largest absolute Gasteiger partial charge is 0.454 e. The molecule has 1 fully saturated rings. The number of aromatic nitrogens is 3. The molecule has 0 unspecified atom stereocenters. The molecule has 3 amide bonds. The van der Waals surface area contributed by atoms with E-state index in [1.165, 1.54) is 18.2 Å². The molecular weight excluding hydrogens is 777 g/mol. The molecule has 1 aliphatic carbocycles. The number of nitrogens with one attached hydrogen (secondary N) is 5. The zero-order chi connectivity index (χ0) is 41.5. The molecule has 5 N–H and O–H groups in total. The van der Waals surface area contributed by atoms with Gasteiger partial charge in [-0.2, -0.15) is 28.1 Å². The van der Waals surface area contributed by atoms with Gasteiger partial charge in [0.2, 0.25) is 11.9 Å². The van der Waals surface area contributed by atoms with Gasteiger partial charge < -0.3 is 31.3 Å². The zero-order valence-electron chi connectivity index (χ0n) is 31.2. The smallest absolute Gasteiger partial charge is 0.422 e. The molecule has 0 radical (unpaired) electrons. The molecule has 0 aliphatic heterocycles. The molecule has 1 saturated carbocycles. The van der Waals surface area contributed by atoms with E-state index in [9.17, 15) is 32.3 Å². The molecule has 6 rings (SSSR count). The van der Waals surface area contributed by atoms with Crippen molar-refractivity contribution < 1.29 is 37.1 Å². The number of ketones is 1. The second kappa shape index (κ2) is 17.3. The lowest BCUT2D eigenvalue weighted by Crippen LogP contribution is -2.45. The highest BCUT2D eigenvalue weighted by Crippen LogP contribution is 2.48. The van der Waals surface area contributed by atoms with Gasteiger partial charge in [0.1, 0.15) is 0 Å². The minimum atomic E-state index is -4.62. The Morgan fingerprint density at radius 3 is 2.05 bits per heavy atom. The number of hydrogen-bond acceptors (Lipinski definition) is 10. The molecule has 1 aliphatic rings. The molecule has 0 spiro atoms. The Kier molecular flexibility index (Phi) is 12.3. The number of halogens is 4. The van der Waals surface area contributed by atoms with Crippen LogP contribution in [-0.2, 0) is 15.1 Å². The standard InChI is InChI=1S/C41H38ClF3N8O5/c1-39(2,23-47-34(56)35(57)49-31-11-7-6-10-30(31)32(54)25-8-4-3-5-9-25)22-46-33(55)26-12-18-29(19-13-26)48-36-50-37(52-38(51-36)58-24-41(43,44)45)53-40(20-21-40)27-14-16-28(42)17-15-27/h3-19H,20-24H2,1-2H3,(H,46,55)(H,47,56)(H,49,57)(H2,48,50,51,52,53). The van der Waals surface area contributed by atoms with E-state index in [2.05, 4.69) is 41.5 Å². The van der Waals surface area contributed by atoms with Crippen molar-refractivity contribution in [3.63, 3.8) is 0 Å². The van der Waals surface area contributed by atoms with E-state index in [0.29, 0.717) is 21.8 Å². The summed E-state index contributed by atoms with van der Waals surface area (Å²) < 4.78 is 43.8. The van der Waals surface area contributed by atoms with Crippen LogP contribution in [0, 0.1) is 5.41 Å². The minimum absolute atomic E-state index is 0.00165. The van der Waals surface area contributed by atoms with Crippen molar-refractivity contribution in [1.29, 1.82) is 0 Å². The number of anilines is 4. The predicted octanol–water partition coefficient (Wildman–Crippen LogP) is 7.05. The SMILES string of the molecule is CC(C)(CNC(=O)C(=O)Nc1ccccc1C(=O)c1ccccc1)CNC(=O)c1ccc(Nc2nc(NC3(c4ccc(Cl)cc4)CC3)nc(OCC(F)(F)F)n2)cc1. The average molecular weight is 815 g/mol. The Labute approximate surface area is 336 Å². The van der Waals surface area contributed by atoms with Crippen LogP contribution in [0.3, 0.4) is 0 Å². The van der Waals surface area contributed by atoms with Crippen molar-refractivity contribution in [2.45, 2.75) is 38.4 Å². The first-order valence-corrected chi connectivity index (χ1v) is 18.4. The highest BCUT2D eigenvalue weighted by atomic mass is 35.5. The normalized spacial score (nSPS) is 13.1. The molecule has 1 aromatic heterocycles. The van der Waals surface area contributed by atoms with E-state index < -0.39 is 47.5 Å². The van der Waals surface area contributed by atoms with Gasteiger partial charge in [-0.15, -0.1) is 0 Å². The van der Waals surface area contributed by atoms with Crippen molar-refractivity contribution in [2.24, 2.45) is 5.41 Å². The Morgan fingerprint density at radius 1 is 0.741 bits per heavy atom. The van der Waals surface area contributed by atoms with Gasteiger partial charge in [-0.05, 0) is 72.4 Å². The Bertz CT molecular complexity index is 2290. The predicted molar refractivity (Wildman–Crippen MR) is 211 cm³/mol. The second-order valence-corrected chi connectivity index (χ2v) is 14.7.